The number of aromatic nitrogens is 1. The number of hydrogen-bond acceptors (Lipinski definition) is 8. The highest BCUT2D eigenvalue weighted by atomic mass is 32.1. The molecule has 4 unspecified atom stereocenters. The maximum Gasteiger partial charge on any atom is 0.326 e. The van der Waals surface area contributed by atoms with E-state index in [-0.39, 0.29) is 31.1 Å². The van der Waals surface area contributed by atoms with Crippen LogP contribution in [-0.4, -0.2) is 87.9 Å². The number of nitrogens with one attached hydrogen (secondary N) is 4. The number of amides is 3. The van der Waals surface area contributed by atoms with Gasteiger partial charge in [0.2, 0.25) is 17.7 Å². The zero-order valence-corrected chi connectivity index (χ0v) is 21.5. The average molecular weight is 551 g/mol. The number of aliphatic carboxylic acids is 1. The normalized spacial score (nSPS) is 14.1. The zero-order chi connectivity index (χ0) is 28.2. The lowest BCUT2D eigenvalue weighted by Crippen LogP contribution is -2.58. The summed E-state index contributed by atoms with van der Waals surface area (Å²) >= 11 is 4.07. The predicted octanol–water partition coefficient (Wildman–Crippen LogP) is -2.45. The number of carboxylic acid groups (broad SMARTS) is 1. The van der Waals surface area contributed by atoms with E-state index in [4.69, 9.17) is 17.2 Å². The van der Waals surface area contributed by atoms with Crippen molar-refractivity contribution in [3.63, 3.8) is 0 Å². The molecule has 15 heteroatoms. The summed E-state index contributed by atoms with van der Waals surface area (Å²) in [6.07, 6.45) is 2.30. The number of carboxylic acids is 1. The molecule has 208 valence electrons. The summed E-state index contributed by atoms with van der Waals surface area (Å²) in [6, 6.07) is 2.37. The molecule has 1 aromatic carbocycles. The highest BCUT2D eigenvalue weighted by molar-refractivity contribution is 7.80. The summed E-state index contributed by atoms with van der Waals surface area (Å²) in [6.45, 7) is -0.528. The second-order valence-corrected chi connectivity index (χ2v) is 8.87. The second-order valence-electron chi connectivity index (χ2n) is 8.51. The van der Waals surface area contributed by atoms with E-state index >= 15 is 0 Å². The third kappa shape index (κ3) is 8.93. The van der Waals surface area contributed by atoms with Crippen LogP contribution >= 0.6 is 12.6 Å². The summed E-state index contributed by atoms with van der Waals surface area (Å²) in [5, 5.41) is 27.2. The Hall–Kier alpha value is -3.82. The van der Waals surface area contributed by atoms with Crippen LogP contribution in [0.15, 0.2) is 35.5 Å². The molecule has 4 atom stereocenters. The van der Waals surface area contributed by atoms with Gasteiger partial charge >= 0.3 is 5.97 Å². The highest BCUT2D eigenvalue weighted by Gasteiger charge is 2.30. The SMILES string of the molecule is NC(N)=NCCCC(N)C(=O)NC(CS)C(=O)NC(CO)C(=O)NC(Cc1c[nH]c2ccccc12)C(=O)O. The van der Waals surface area contributed by atoms with Gasteiger partial charge in [0.05, 0.1) is 12.6 Å². The van der Waals surface area contributed by atoms with Crippen LogP contribution in [0.4, 0.5) is 0 Å². The Bertz CT molecular complexity index is 1150. The van der Waals surface area contributed by atoms with Crippen molar-refractivity contribution in [2.45, 2.75) is 43.4 Å². The van der Waals surface area contributed by atoms with Gasteiger partial charge in [0.1, 0.15) is 18.1 Å². The minimum Gasteiger partial charge on any atom is -0.480 e. The maximum atomic E-state index is 12.7. The lowest BCUT2D eigenvalue weighted by Gasteiger charge is -2.23. The van der Waals surface area contributed by atoms with Gasteiger partial charge in [0, 0.05) is 35.8 Å². The molecular formula is C23H34N8O6S. The first-order valence-corrected chi connectivity index (χ1v) is 12.4. The van der Waals surface area contributed by atoms with Gasteiger partial charge in [-0.3, -0.25) is 19.4 Å². The Labute approximate surface area is 224 Å². The number of thiol groups is 1. The summed E-state index contributed by atoms with van der Waals surface area (Å²) in [5.74, 6) is -3.84. The fourth-order valence-corrected chi connectivity index (χ4v) is 3.84. The standard InChI is InChI=1S/C23H34N8O6S/c24-14(5-3-7-27-23(25)26)19(33)31-18(11-38)21(35)30-17(10-32)20(34)29-16(22(36)37)8-12-9-28-15-6-2-1-4-13(12)15/h1-2,4,6,9,14,16-18,28,32,38H,3,5,7-8,10-11,24H2,(H,29,34)(H,30,35)(H,31,33)(H,36,37)(H4,25,26,27). The Kier molecular flexibility index (Phi) is 11.8. The van der Waals surface area contributed by atoms with Crippen molar-refractivity contribution < 1.29 is 29.4 Å². The van der Waals surface area contributed by atoms with Gasteiger partial charge in [-0.1, -0.05) is 18.2 Å². The number of aliphatic hydroxyl groups is 1. The molecule has 0 saturated carbocycles. The average Bonchev–Trinajstić information content (AvgIpc) is 3.29. The quantitative estimate of drug-likeness (QED) is 0.0488. The molecule has 0 aliphatic carbocycles. The van der Waals surface area contributed by atoms with Crippen LogP contribution in [0.1, 0.15) is 18.4 Å². The molecule has 0 fully saturated rings. The minimum atomic E-state index is -1.47. The lowest BCUT2D eigenvalue weighted by atomic mass is 10.0. The molecule has 2 aromatic rings. The van der Waals surface area contributed by atoms with Crippen molar-refractivity contribution in [1.82, 2.24) is 20.9 Å². The molecule has 1 aromatic heterocycles. The number of fused-ring (bicyclic) bond motifs is 1. The zero-order valence-electron chi connectivity index (χ0n) is 20.6. The first kappa shape index (κ1) is 30.4. The Balaban J connectivity index is 1.96. The van der Waals surface area contributed by atoms with Gasteiger partial charge in [-0.15, -0.1) is 0 Å². The van der Waals surface area contributed by atoms with E-state index in [1.54, 1.807) is 6.20 Å². The topological polar surface area (TPSA) is 251 Å². The highest BCUT2D eigenvalue weighted by Crippen LogP contribution is 2.19. The molecule has 1 heterocycles. The number of carbonyl (C=O) groups is 4. The lowest BCUT2D eigenvalue weighted by molar-refractivity contribution is -0.142. The Morgan fingerprint density at radius 2 is 1.63 bits per heavy atom. The van der Waals surface area contributed by atoms with Crippen molar-refractivity contribution in [3.8, 4) is 0 Å². The van der Waals surface area contributed by atoms with Crippen LogP contribution in [0, 0.1) is 0 Å². The number of guanidine groups is 1. The van der Waals surface area contributed by atoms with Crippen LogP contribution in [0.2, 0.25) is 0 Å². The molecule has 0 aliphatic rings. The largest absolute Gasteiger partial charge is 0.480 e. The van der Waals surface area contributed by atoms with Crippen LogP contribution in [-0.2, 0) is 25.6 Å². The first-order valence-electron chi connectivity index (χ1n) is 11.8. The molecule has 3 amide bonds. The Morgan fingerprint density at radius 3 is 2.26 bits per heavy atom. The number of nitrogens with zero attached hydrogens (tertiary/aromatic N) is 1. The summed E-state index contributed by atoms with van der Waals surface area (Å²) in [5.41, 5.74) is 17.8. The first-order chi connectivity index (χ1) is 18.1. The minimum absolute atomic E-state index is 0.0342. The number of rotatable bonds is 15. The molecule has 0 bridgehead atoms. The Morgan fingerprint density at radius 1 is 1.00 bits per heavy atom. The smallest absolute Gasteiger partial charge is 0.326 e. The number of nitrogens with two attached hydrogens (primary N) is 3. The molecule has 12 N–H and O–H groups in total. The molecular weight excluding hydrogens is 516 g/mol. The molecule has 14 nitrogen and oxygen atoms in total. The van der Waals surface area contributed by atoms with Crippen molar-refractivity contribution in [2.75, 3.05) is 18.9 Å². The van der Waals surface area contributed by atoms with Gasteiger partial charge in [0.15, 0.2) is 5.96 Å². The van der Waals surface area contributed by atoms with Crippen molar-refractivity contribution in [1.29, 1.82) is 0 Å². The molecule has 0 aliphatic heterocycles. The predicted molar refractivity (Wildman–Crippen MR) is 144 cm³/mol. The van der Waals surface area contributed by atoms with E-state index < -0.39 is 54.5 Å². The van der Waals surface area contributed by atoms with E-state index in [1.807, 2.05) is 24.3 Å². The van der Waals surface area contributed by atoms with Gasteiger partial charge in [0.25, 0.3) is 0 Å². The summed E-state index contributed by atoms with van der Waals surface area (Å²) < 4.78 is 0. The summed E-state index contributed by atoms with van der Waals surface area (Å²) in [7, 11) is 0. The molecule has 0 spiro atoms. The van der Waals surface area contributed by atoms with Gasteiger partial charge in [-0.25, -0.2) is 4.79 Å². The van der Waals surface area contributed by atoms with E-state index in [1.165, 1.54) is 0 Å². The number of carbonyl (C=O) groups excluding carboxylic acids is 3. The number of aliphatic hydroxyl groups excluding tert-OH is 1. The molecule has 0 saturated heterocycles. The number of aliphatic imine (C=N–C) groups is 1. The molecule has 38 heavy (non-hydrogen) atoms. The van der Waals surface area contributed by atoms with Crippen LogP contribution in [0.25, 0.3) is 10.9 Å². The number of para-hydroxylation sites is 1. The van der Waals surface area contributed by atoms with E-state index in [0.717, 1.165) is 10.9 Å². The van der Waals surface area contributed by atoms with Gasteiger partial charge in [-0.2, -0.15) is 12.6 Å². The van der Waals surface area contributed by atoms with E-state index in [9.17, 15) is 29.4 Å². The van der Waals surface area contributed by atoms with E-state index in [0.29, 0.717) is 12.0 Å². The molecule has 2 rings (SSSR count). The van der Waals surface area contributed by atoms with Gasteiger partial charge in [-0.05, 0) is 24.5 Å². The van der Waals surface area contributed by atoms with E-state index in [2.05, 4.69) is 38.6 Å². The fraction of sp³-hybridized carbons (Fsp3) is 0.435. The number of aromatic amines is 1. The number of hydrogen-bond donors (Lipinski definition) is 10. The van der Waals surface area contributed by atoms with Crippen molar-refractivity contribution in [2.24, 2.45) is 22.2 Å². The molecule has 0 radical (unpaired) electrons. The number of benzene rings is 1. The fourth-order valence-electron chi connectivity index (χ4n) is 3.58. The van der Waals surface area contributed by atoms with Crippen LogP contribution in [0.3, 0.4) is 0 Å². The van der Waals surface area contributed by atoms with Gasteiger partial charge < -0.3 is 48.3 Å². The third-order valence-electron chi connectivity index (χ3n) is 5.65. The van der Waals surface area contributed by atoms with Crippen molar-refractivity contribution in [3.05, 3.63) is 36.0 Å². The monoisotopic (exact) mass is 550 g/mol. The van der Waals surface area contributed by atoms with Crippen LogP contribution in [0.5, 0.6) is 0 Å². The summed E-state index contributed by atoms with van der Waals surface area (Å²) in [4.78, 5) is 56.5. The second kappa shape index (κ2) is 14.8. The third-order valence-corrected chi connectivity index (χ3v) is 6.01. The van der Waals surface area contributed by atoms with Crippen LogP contribution < -0.4 is 33.2 Å². The maximum absolute atomic E-state index is 12.7. The van der Waals surface area contributed by atoms with Crippen molar-refractivity contribution >= 4 is 53.2 Å². The number of H-pyrrole nitrogens is 1.